The SMILES string of the molecule is CCN(c1ccc(F)cc1)c1ccc(C(=O)O)c(Br)c1F. The van der Waals surface area contributed by atoms with Gasteiger partial charge in [0.15, 0.2) is 5.82 Å². The monoisotopic (exact) mass is 355 g/mol. The largest absolute Gasteiger partial charge is 0.478 e. The molecule has 0 aliphatic carbocycles. The molecule has 0 fully saturated rings. The summed E-state index contributed by atoms with van der Waals surface area (Å²) in [7, 11) is 0. The van der Waals surface area contributed by atoms with Crippen molar-refractivity contribution in [2.45, 2.75) is 6.92 Å². The molecule has 0 saturated carbocycles. The van der Waals surface area contributed by atoms with Gasteiger partial charge in [-0.3, -0.25) is 0 Å². The van der Waals surface area contributed by atoms with Gasteiger partial charge in [-0.15, -0.1) is 0 Å². The van der Waals surface area contributed by atoms with Crippen molar-refractivity contribution in [1.82, 2.24) is 0 Å². The smallest absolute Gasteiger partial charge is 0.336 e. The van der Waals surface area contributed by atoms with Crippen molar-refractivity contribution in [2.24, 2.45) is 0 Å². The number of carboxylic acid groups (broad SMARTS) is 1. The molecule has 0 aliphatic rings. The second kappa shape index (κ2) is 6.22. The number of rotatable bonds is 4. The average molecular weight is 356 g/mol. The van der Waals surface area contributed by atoms with Crippen molar-refractivity contribution in [3.05, 3.63) is 58.1 Å². The molecular weight excluding hydrogens is 344 g/mol. The predicted molar refractivity (Wildman–Crippen MR) is 80.1 cm³/mol. The van der Waals surface area contributed by atoms with Crippen LogP contribution in [0.5, 0.6) is 0 Å². The second-order valence-corrected chi connectivity index (χ2v) is 5.08. The molecule has 0 bridgehead atoms. The third kappa shape index (κ3) is 3.05. The highest BCUT2D eigenvalue weighted by molar-refractivity contribution is 9.10. The first-order valence-corrected chi connectivity index (χ1v) is 6.99. The van der Waals surface area contributed by atoms with Crippen LogP contribution in [0.15, 0.2) is 40.9 Å². The number of hydrogen-bond donors (Lipinski definition) is 1. The van der Waals surface area contributed by atoms with Crippen LogP contribution in [0.3, 0.4) is 0 Å². The van der Waals surface area contributed by atoms with E-state index in [0.29, 0.717) is 12.2 Å². The number of hydrogen-bond acceptors (Lipinski definition) is 2. The van der Waals surface area contributed by atoms with Gasteiger partial charge in [0.25, 0.3) is 0 Å². The molecule has 1 N–H and O–H groups in total. The second-order valence-electron chi connectivity index (χ2n) is 4.29. The van der Waals surface area contributed by atoms with Crippen LogP contribution in [-0.2, 0) is 0 Å². The van der Waals surface area contributed by atoms with E-state index in [0.717, 1.165) is 0 Å². The summed E-state index contributed by atoms with van der Waals surface area (Å²) < 4.78 is 27.3. The van der Waals surface area contributed by atoms with Crippen LogP contribution in [0.25, 0.3) is 0 Å². The molecule has 0 aliphatic heterocycles. The molecule has 0 amide bonds. The maximum atomic E-state index is 14.4. The van der Waals surface area contributed by atoms with Gasteiger partial charge < -0.3 is 10.0 Å². The molecule has 0 atom stereocenters. The van der Waals surface area contributed by atoms with E-state index in [-0.39, 0.29) is 21.5 Å². The van der Waals surface area contributed by atoms with E-state index in [1.54, 1.807) is 4.90 Å². The Morgan fingerprint density at radius 3 is 2.33 bits per heavy atom. The van der Waals surface area contributed by atoms with Crippen LogP contribution in [0.1, 0.15) is 17.3 Å². The fourth-order valence-corrected chi connectivity index (χ4v) is 2.53. The van der Waals surface area contributed by atoms with E-state index in [9.17, 15) is 13.6 Å². The highest BCUT2D eigenvalue weighted by atomic mass is 79.9. The average Bonchev–Trinajstić information content (AvgIpc) is 2.45. The highest BCUT2D eigenvalue weighted by Crippen LogP contribution is 2.33. The van der Waals surface area contributed by atoms with Crippen LogP contribution in [0, 0.1) is 11.6 Å². The molecule has 2 aromatic carbocycles. The van der Waals surface area contributed by atoms with Gasteiger partial charge in [-0.2, -0.15) is 0 Å². The molecule has 3 nitrogen and oxygen atoms in total. The van der Waals surface area contributed by atoms with E-state index in [1.807, 2.05) is 6.92 Å². The first-order valence-electron chi connectivity index (χ1n) is 6.20. The van der Waals surface area contributed by atoms with Gasteiger partial charge in [0.1, 0.15) is 5.82 Å². The molecule has 6 heteroatoms. The Bertz CT molecular complexity index is 674. The molecule has 2 aromatic rings. The number of carboxylic acids is 1. The van der Waals surface area contributed by atoms with Crippen LogP contribution < -0.4 is 4.90 Å². The Labute approximate surface area is 128 Å². The van der Waals surface area contributed by atoms with Gasteiger partial charge in [0.2, 0.25) is 0 Å². The zero-order chi connectivity index (χ0) is 15.6. The summed E-state index contributed by atoms with van der Waals surface area (Å²) >= 11 is 2.97. The summed E-state index contributed by atoms with van der Waals surface area (Å²) in [5.74, 6) is -2.25. The summed E-state index contributed by atoms with van der Waals surface area (Å²) in [5.41, 5.74) is 0.695. The predicted octanol–water partition coefficient (Wildman–Crippen LogP) is 4.58. The van der Waals surface area contributed by atoms with Crippen molar-refractivity contribution < 1.29 is 18.7 Å². The molecule has 0 aromatic heterocycles. The Kier molecular flexibility index (Phi) is 4.57. The van der Waals surface area contributed by atoms with E-state index in [4.69, 9.17) is 5.11 Å². The van der Waals surface area contributed by atoms with Crippen LogP contribution >= 0.6 is 15.9 Å². The van der Waals surface area contributed by atoms with Crippen molar-refractivity contribution in [2.75, 3.05) is 11.4 Å². The molecule has 0 radical (unpaired) electrons. The van der Waals surface area contributed by atoms with Gasteiger partial charge in [-0.05, 0) is 59.3 Å². The Morgan fingerprint density at radius 1 is 1.19 bits per heavy atom. The molecule has 21 heavy (non-hydrogen) atoms. The van der Waals surface area contributed by atoms with Crippen molar-refractivity contribution in [1.29, 1.82) is 0 Å². The summed E-state index contributed by atoms with van der Waals surface area (Å²) in [4.78, 5) is 12.6. The third-order valence-corrected chi connectivity index (χ3v) is 3.81. The number of anilines is 2. The molecule has 0 heterocycles. The number of aromatic carboxylic acids is 1. The van der Waals surface area contributed by atoms with Crippen molar-refractivity contribution in [3.8, 4) is 0 Å². The lowest BCUT2D eigenvalue weighted by Gasteiger charge is -2.24. The minimum Gasteiger partial charge on any atom is -0.478 e. The lowest BCUT2D eigenvalue weighted by atomic mass is 10.1. The zero-order valence-electron chi connectivity index (χ0n) is 11.1. The number of benzene rings is 2. The van der Waals surface area contributed by atoms with E-state index < -0.39 is 11.8 Å². The Balaban J connectivity index is 2.50. The molecular formula is C15H12BrF2NO2. The topological polar surface area (TPSA) is 40.5 Å². The Morgan fingerprint density at radius 2 is 1.81 bits per heavy atom. The fourth-order valence-electron chi connectivity index (χ4n) is 2.03. The van der Waals surface area contributed by atoms with Gasteiger partial charge in [-0.1, -0.05) is 0 Å². The van der Waals surface area contributed by atoms with Gasteiger partial charge in [-0.25, -0.2) is 13.6 Å². The van der Waals surface area contributed by atoms with Crippen LogP contribution in [-0.4, -0.2) is 17.6 Å². The lowest BCUT2D eigenvalue weighted by Crippen LogP contribution is -2.18. The summed E-state index contributed by atoms with van der Waals surface area (Å²) in [6, 6.07) is 8.38. The normalized spacial score (nSPS) is 10.5. The Hall–Kier alpha value is -1.95. The first kappa shape index (κ1) is 15.4. The number of nitrogens with zero attached hydrogens (tertiary/aromatic N) is 1. The van der Waals surface area contributed by atoms with Gasteiger partial charge >= 0.3 is 5.97 Å². The summed E-state index contributed by atoms with van der Waals surface area (Å²) in [6.45, 7) is 2.27. The molecule has 0 unspecified atom stereocenters. The molecule has 2 rings (SSSR count). The number of carbonyl (C=O) groups is 1. The molecule has 0 saturated heterocycles. The van der Waals surface area contributed by atoms with Gasteiger partial charge in [0, 0.05) is 12.2 Å². The minimum atomic E-state index is -1.21. The highest BCUT2D eigenvalue weighted by Gasteiger charge is 2.19. The van der Waals surface area contributed by atoms with E-state index in [1.165, 1.54) is 36.4 Å². The van der Waals surface area contributed by atoms with E-state index in [2.05, 4.69) is 15.9 Å². The first-order chi connectivity index (χ1) is 9.95. The van der Waals surface area contributed by atoms with Gasteiger partial charge in [0.05, 0.1) is 15.7 Å². The van der Waals surface area contributed by atoms with Crippen molar-refractivity contribution >= 4 is 33.3 Å². The molecule has 0 spiro atoms. The third-order valence-electron chi connectivity index (χ3n) is 3.04. The summed E-state index contributed by atoms with van der Waals surface area (Å²) in [6.07, 6.45) is 0. The van der Waals surface area contributed by atoms with Crippen LogP contribution in [0.2, 0.25) is 0 Å². The maximum Gasteiger partial charge on any atom is 0.336 e. The van der Waals surface area contributed by atoms with Crippen LogP contribution in [0.4, 0.5) is 20.2 Å². The van der Waals surface area contributed by atoms with Crippen molar-refractivity contribution in [3.63, 3.8) is 0 Å². The summed E-state index contributed by atoms with van der Waals surface area (Å²) in [5, 5.41) is 8.97. The zero-order valence-corrected chi connectivity index (χ0v) is 12.7. The minimum absolute atomic E-state index is 0.104. The fraction of sp³-hybridized carbons (Fsp3) is 0.133. The number of halogens is 3. The molecule has 110 valence electrons. The quantitative estimate of drug-likeness (QED) is 0.872. The van der Waals surface area contributed by atoms with E-state index >= 15 is 0 Å². The maximum absolute atomic E-state index is 14.4. The standard InChI is InChI=1S/C15H12BrF2NO2/c1-2-19(10-5-3-9(17)4-6-10)12-8-7-11(15(20)21)13(16)14(12)18/h3-8H,2H2,1H3,(H,20,21). The lowest BCUT2D eigenvalue weighted by molar-refractivity contribution is 0.0695.